The number of sulfonamides is 1. The van der Waals surface area contributed by atoms with Crippen LogP contribution in [0.25, 0.3) is 0 Å². The monoisotopic (exact) mass is 797 g/mol. The Balaban J connectivity index is 1.60. The molecule has 0 saturated carbocycles. The van der Waals surface area contributed by atoms with Crippen molar-refractivity contribution < 1.29 is 64.7 Å². The van der Waals surface area contributed by atoms with Gasteiger partial charge in [-0.05, 0) is 78.7 Å². The van der Waals surface area contributed by atoms with E-state index in [-0.39, 0.29) is 79.2 Å². The molecule has 18 heteroatoms. The number of phenolic OH excluding ortho intramolecular Hbond substituents is 4. The summed E-state index contributed by atoms with van der Waals surface area (Å²) in [5.74, 6) is -3.08. The highest BCUT2D eigenvalue weighted by atomic mass is 32.2. The summed E-state index contributed by atoms with van der Waals surface area (Å²) in [6.45, 7) is 1.69. The van der Waals surface area contributed by atoms with E-state index in [1.165, 1.54) is 12.1 Å². The number of benzene rings is 5. The number of fused-ring (bicyclic) bond motifs is 8. The van der Waals surface area contributed by atoms with Crippen molar-refractivity contribution in [1.29, 1.82) is 0 Å². The Kier molecular flexibility index (Phi) is 9.62. The van der Waals surface area contributed by atoms with Gasteiger partial charge in [-0.25, -0.2) is 13.2 Å². The molecular weight excluding hydrogens is 767 g/mol. The van der Waals surface area contributed by atoms with Crippen molar-refractivity contribution >= 4 is 41.9 Å². The number of aromatic carboxylic acids is 1. The van der Waals surface area contributed by atoms with Crippen LogP contribution < -0.4 is 4.72 Å². The van der Waals surface area contributed by atoms with Crippen molar-refractivity contribution in [3.8, 4) is 23.0 Å². The molecule has 54 heavy (non-hydrogen) atoms. The standard InChI is InChI=1S/C36H31NO14S3/c1-18-6-20-8-22-12-28(37-52(44,45)29-4-2-19(3-5-29)36(42)43)13-23(33(22)39)10-25-15-31(54(49,50)51)17-27(35(25)41)11-26-16-30(53(46,47)48)14-24(34(26)40)9-21(7-18)32(20)38/h2-7,12-17,37-41H,8-11H2,1H3,(H,42,43)(H,46,47,48)(H,49,50,51). The van der Waals surface area contributed by atoms with Crippen LogP contribution in [0.4, 0.5) is 5.69 Å². The first-order valence-electron chi connectivity index (χ1n) is 15.8. The summed E-state index contributed by atoms with van der Waals surface area (Å²) in [7, 11) is -14.2. The zero-order valence-corrected chi connectivity index (χ0v) is 30.4. The minimum atomic E-state index is -4.96. The van der Waals surface area contributed by atoms with E-state index in [2.05, 4.69) is 4.72 Å². The van der Waals surface area contributed by atoms with Gasteiger partial charge in [0, 0.05) is 64.8 Å². The average Bonchev–Trinajstić information content (AvgIpc) is 3.07. The number of nitrogens with one attached hydrogen (secondary N) is 1. The van der Waals surface area contributed by atoms with Crippen LogP contribution in [0.1, 0.15) is 60.4 Å². The number of anilines is 1. The number of aromatic hydroxyl groups is 4. The summed E-state index contributed by atoms with van der Waals surface area (Å²) in [6, 6.07) is 13.7. The van der Waals surface area contributed by atoms with E-state index in [1.54, 1.807) is 19.1 Å². The minimum Gasteiger partial charge on any atom is -0.507 e. The number of phenols is 4. The Bertz CT molecular complexity index is 2730. The summed E-state index contributed by atoms with van der Waals surface area (Å²) in [4.78, 5) is 9.64. The van der Waals surface area contributed by atoms with Crippen LogP contribution in [0.3, 0.4) is 0 Å². The Labute approximate surface area is 309 Å². The number of carboxylic acids is 1. The molecule has 1 aliphatic rings. The Morgan fingerprint density at radius 2 is 0.833 bits per heavy atom. The van der Waals surface area contributed by atoms with Crippen molar-refractivity contribution in [2.75, 3.05) is 4.72 Å². The van der Waals surface area contributed by atoms with E-state index in [0.717, 1.165) is 48.5 Å². The molecule has 0 saturated heterocycles. The molecule has 6 rings (SSSR count). The molecule has 0 unspecified atom stereocenters. The predicted molar refractivity (Wildman–Crippen MR) is 192 cm³/mol. The van der Waals surface area contributed by atoms with E-state index in [1.807, 2.05) is 0 Å². The number of carboxylic acid groups (broad SMARTS) is 1. The number of carbonyl (C=O) groups is 1. The minimum absolute atomic E-state index is 0.0505. The fourth-order valence-corrected chi connectivity index (χ4v) is 8.60. The quantitative estimate of drug-likeness (QED) is 0.0853. The molecule has 0 heterocycles. The lowest BCUT2D eigenvalue weighted by molar-refractivity contribution is 0.0696. The molecule has 0 radical (unpaired) electrons. The van der Waals surface area contributed by atoms with Crippen LogP contribution in [0.2, 0.25) is 0 Å². The second-order valence-corrected chi connectivity index (χ2v) is 17.4. The van der Waals surface area contributed by atoms with Gasteiger partial charge in [0.2, 0.25) is 0 Å². The van der Waals surface area contributed by atoms with E-state index >= 15 is 0 Å². The third-order valence-electron chi connectivity index (χ3n) is 8.95. The number of hydrogen-bond acceptors (Lipinski definition) is 11. The Morgan fingerprint density at radius 1 is 0.519 bits per heavy atom. The largest absolute Gasteiger partial charge is 0.507 e. The normalized spacial score (nSPS) is 13.3. The third kappa shape index (κ3) is 7.68. The molecule has 0 aliphatic heterocycles. The first-order chi connectivity index (χ1) is 25.1. The molecule has 0 atom stereocenters. The summed E-state index contributed by atoms with van der Waals surface area (Å²) in [5, 5.41) is 55.1. The maximum absolute atomic E-state index is 13.4. The van der Waals surface area contributed by atoms with Gasteiger partial charge in [-0.1, -0.05) is 17.7 Å². The number of aryl methyl sites for hydroxylation is 1. The Morgan fingerprint density at radius 3 is 1.15 bits per heavy atom. The fraction of sp³-hybridized carbons (Fsp3) is 0.139. The molecule has 0 aromatic heterocycles. The van der Waals surface area contributed by atoms with Gasteiger partial charge in [0.1, 0.15) is 23.0 Å². The van der Waals surface area contributed by atoms with Gasteiger partial charge in [0.15, 0.2) is 0 Å². The maximum Gasteiger partial charge on any atom is 0.335 e. The second kappa shape index (κ2) is 13.6. The summed E-state index contributed by atoms with van der Waals surface area (Å²) in [6.07, 6.45) is -1.58. The van der Waals surface area contributed by atoms with Crippen LogP contribution in [0, 0.1) is 6.92 Å². The SMILES string of the molecule is Cc1cc2c(O)c(c1)Cc1cc(S(=O)(=O)O)cc(c1O)Cc1cc(S(=O)(=O)O)cc(c1O)Cc1cc(NS(=O)(=O)c3ccc(C(=O)O)cc3)cc(c1O)C2. The van der Waals surface area contributed by atoms with Crippen LogP contribution in [-0.4, -0.2) is 65.9 Å². The topological polar surface area (TPSA) is 273 Å². The van der Waals surface area contributed by atoms with E-state index in [0.29, 0.717) is 5.56 Å². The number of hydrogen-bond donors (Lipinski definition) is 8. The first kappa shape index (κ1) is 38.1. The third-order valence-corrected chi connectivity index (χ3v) is 12.0. The van der Waals surface area contributed by atoms with Gasteiger partial charge in [-0.3, -0.25) is 13.8 Å². The van der Waals surface area contributed by atoms with E-state index in [9.17, 15) is 64.7 Å². The van der Waals surface area contributed by atoms with Crippen molar-refractivity contribution in [3.63, 3.8) is 0 Å². The molecule has 5 aromatic carbocycles. The van der Waals surface area contributed by atoms with Gasteiger partial charge in [-0.15, -0.1) is 0 Å². The molecular formula is C36H31NO14S3. The molecule has 5 aromatic rings. The van der Waals surface area contributed by atoms with Crippen LogP contribution in [0.5, 0.6) is 23.0 Å². The maximum atomic E-state index is 13.4. The molecule has 15 nitrogen and oxygen atoms in total. The lowest BCUT2D eigenvalue weighted by atomic mass is 9.90. The van der Waals surface area contributed by atoms with Gasteiger partial charge in [0.05, 0.1) is 20.2 Å². The lowest BCUT2D eigenvalue weighted by Crippen LogP contribution is -2.14. The Hall–Kier alpha value is -5.66. The molecule has 0 amide bonds. The summed E-state index contributed by atoms with van der Waals surface area (Å²) >= 11 is 0. The fourth-order valence-electron chi connectivity index (χ4n) is 6.40. The van der Waals surface area contributed by atoms with Gasteiger partial charge < -0.3 is 25.5 Å². The molecule has 282 valence electrons. The first-order valence-corrected chi connectivity index (χ1v) is 20.1. The van der Waals surface area contributed by atoms with Crippen molar-refractivity contribution in [3.05, 3.63) is 128 Å². The molecule has 0 fully saturated rings. The lowest BCUT2D eigenvalue weighted by Gasteiger charge is -2.19. The number of rotatable bonds is 6. The van der Waals surface area contributed by atoms with Crippen LogP contribution in [0.15, 0.2) is 87.5 Å². The highest BCUT2D eigenvalue weighted by Crippen LogP contribution is 2.40. The van der Waals surface area contributed by atoms with Crippen molar-refractivity contribution in [1.82, 2.24) is 0 Å². The second-order valence-electron chi connectivity index (χ2n) is 12.8. The highest BCUT2D eigenvalue weighted by Gasteiger charge is 2.25. The van der Waals surface area contributed by atoms with Crippen molar-refractivity contribution in [2.45, 2.75) is 47.3 Å². The van der Waals surface area contributed by atoms with Gasteiger partial charge in [-0.2, -0.15) is 16.8 Å². The zero-order valence-electron chi connectivity index (χ0n) is 28.0. The smallest absolute Gasteiger partial charge is 0.335 e. The summed E-state index contributed by atoms with van der Waals surface area (Å²) < 4.78 is 98.7. The van der Waals surface area contributed by atoms with Crippen LogP contribution in [-0.2, 0) is 55.9 Å². The van der Waals surface area contributed by atoms with Crippen LogP contribution >= 0.6 is 0 Å². The van der Waals surface area contributed by atoms with Crippen molar-refractivity contribution in [2.24, 2.45) is 0 Å². The van der Waals surface area contributed by atoms with E-state index < -0.39 is 76.1 Å². The average molecular weight is 798 g/mol. The van der Waals surface area contributed by atoms with Gasteiger partial charge >= 0.3 is 5.97 Å². The molecule has 8 bridgehead atoms. The molecule has 0 spiro atoms. The van der Waals surface area contributed by atoms with E-state index in [4.69, 9.17) is 0 Å². The predicted octanol–water partition coefficient (Wildman–Crippen LogP) is 4.49. The van der Waals surface area contributed by atoms with Gasteiger partial charge in [0.25, 0.3) is 30.3 Å². The highest BCUT2D eigenvalue weighted by molar-refractivity contribution is 7.92. The molecule has 1 aliphatic carbocycles. The molecule has 8 N–H and O–H groups in total. The summed E-state index contributed by atoms with van der Waals surface area (Å²) in [5.41, 5.74) is 0.0133. The zero-order chi connectivity index (χ0) is 39.5.